The van der Waals surface area contributed by atoms with Crippen LogP contribution in [0.1, 0.15) is 27.7 Å². The molecule has 0 bridgehead atoms. The lowest BCUT2D eigenvalue weighted by molar-refractivity contribution is 0.0268. The number of piperazine rings is 1. The molecule has 0 aromatic carbocycles. The van der Waals surface area contributed by atoms with Crippen LogP contribution in [0.4, 0.5) is 0 Å². The first kappa shape index (κ1) is 19.2. The molecule has 0 saturated carbocycles. The van der Waals surface area contributed by atoms with E-state index < -0.39 is 0 Å². The number of hydrogen-bond donors (Lipinski definition) is 2. The number of methoxy groups -OCH3 is 1. The maximum atomic E-state index is 5.42. The summed E-state index contributed by atoms with van der Waals surface area (Å²) in [5.74, 6) is 0.837. The smallest absolute Gasteiger partial charge is 0.191 e. The van der Waals surface area contributed by atoms with Crippen molar-refractivity contribution in [2.45, 2.75) is 39.3 Å². The maximum Gasteiger partial charge on any atom is 0.191 e. The largest absolute Gasteiger partial charge is 0.377 e. The van der Waals surface area contributed by atoms with E-state index in [1.807, 2.05) is 0 Å². The van der Waals surface area contributed by atoms with Crippen molar-refractivity contribution in [3.63, 3.8) is 0 Å². The highest BCUT2D eigenvalue weighted by Crippen LogP contribution is 2.06. The molecule has 22 heavy (non-hydrogen) atoms. The Morgan fingerprint density at radius 1 is 1.23 bits per heavy atom. The first-order chi connectivity index (χ1) is 10.4. The average molecular weight is 313 g/mol. The van der Waals surface area contributed by atoms with E-state index in [1.165, 1.54) is 13.1 Å². The predicted molar refractivity (Wildman–Crippen MR) is 93.6 cm³/mol. The number of aliphatic imine (C=N–C) groups is 1. The standard InChI is InChI=1S/C16H35N5O/c1-7-20-8-10-21(11-9-20)14(2)12-18-15(17-5)19-13-16(3,4)22-6/h14H,7-13H2,1-6H3,(H2,17,18,19). The second-order valence-electron chi connectivity index (χ2n) is 6.59. The van der Waals surface area contributed by atoms with E-state index >= 15 is 0 Å². The Morgan fingerprint density at radius 2 is 1.86 bits per heavy atom. The van der Waals surface area contributed by atoms with Gasteiger partial charge in [0.25, 0.3) is 0 Å². The molecule has 1 unspecified atom stereocenters. The van der Waals surface area contributed by atoms with Gasteiger partial charge in [-0.3, -0.25) is 9.89 Å². The lowest BCUT2D eigenvalue weighted by Crippen LogP contribution is -2.53. The molecule has 0 aromatic rings. The first-order valence-corrected chi connectivity index (χ1v) is 8.38. The van der Waals surface area contributed by atoms with Gasteiger partial charge in [0.2, 0.25) is 0 Å². The van der Waals surface area contributed by atoms with Gasteiger partial charge in [0.15, 0.2) is 5.96 Å². The van der Waals surface area contributed by atoms with Crippen LogP contribution in [0.3, 0.4) is 0 Å². The molecule has 1 fully saturated rings. The fourth-order valence-electron chi connectivity index (χ4n) is 2.48. The number of rotatable bonds is 7. The molecule has 0 aliphatic carbocycles. The van der Waals surface area contributed by atoms with E-state index in [-0.39, 0.29) is 5.60 Å². The summed E-state index contributed by atoms with van der Waals surface area (Å²) in [6.07, 6.45) is 0. The normalized spacial score (nSPS) is 20.0. The van der Waals surface area contributed by atoms with Gasteiger partial charge < -0.3 is 20.3 Å². The SMILES string of the molecule is CCN1CCN(C(C)CNC(=NC)NCC(C)(C)OC)CC1. The minimum absolute atomic E-state index is 0.195. The third-order valence-electron chi connectivity index (χ3n) is 4.50. The van der Waals surface area contributed by atoms with Crippen molar-refractivity contribution in [2.24, 2.45) is 4.99 Å². The van der Waals surface area contributed by atoms with Crippen LogP contribution in [0.5, 0.6) is 0 Å². The molecule has 0 amide bonds. The lowest BCUT2D eigenvalue weighted by Gasteiger charge is -2.37. The monoisotopic (exact) mass is 313 g/mol. The fraction of sp³-hybridized carbons (Fsp3) is 0.938. The summed E-state index contributed by atoms with van der Waals surface area (Å²) < 4.78 is 5.42. The Balaban J connectivity index is 2.31. The second kappa shape index (κ2) is 9.33. The molecule has 1 heterocycles. The summed E-state index contributed by atoms with van der Waals surface area (Å²) in [5.41, 5.74) is -0.195. The van der Waals surface area contributed by atoms with Crippen LogP contribution < -0.4 is 10.6 Å². The minimum Gasteiger partial charge on any atom is -0.377 e. The molecular weight excluding hydrogens is 278 g/mol. The van der Waals surface area contributed by atoms with Gasteiger partial charge in [0, 0.05) is 59.5 Å². The third kappa shape index (κ3) is 6.50. The van der Waals surface area contributed by atoms with Crippen molar-refractivity contribution < 1.29 is 4.74 Å². The first-order valence-electron chi connectivity index (χ1n) is 8.38. The van der Waals surface area contributed by atoms with Gasteiger partial charge in [-0.1, -0.05) is 6.92 Å². The van der Waals surface area contributed by atoms with Crippen molar-refractivity contribution in [1.82, 2.24) is 20.4 Å². The summed E-state index contributed by atoms with van der Waals surface area (Å²) >= 11 is 0. The molecule has 0 spiro atoms. The van der Waals surface area contributed by atoms with E-state index in [9.17, 15) is 0 Å². The number of guanidine groups is 1. The molecule has 6 nitrogen and oxygen atoms in total. The van der Waals surface area contributed by atoms with Crippen molar-refractivity contribution in [1.29, 1.82) is 0 Å². The van der Waals surface area contributed by atoms with Gasteiger partial charge >= 0.3 is 0 Å². The van der Waals surface area contributed by atoms with Crippen molar-refractivity contribution >= 4 is 5.96 Å². The Morgan fingerprint density at radius 3 is 2.36 bits per heavy atom. The Bertz CT molecular complexity index is 337. The summed E-state index contributed by atoms with van der Waals surface area (Å²) in [6.45, 7) is 16.1. The maximum absolute atomic E-state index is 5.42. The highest BCUT2D eigenvalue weighted by atomic mass is 16.5. The van der Waals surface area contributed by atoms with Crippen LogP contribution >= 0.6 is 0 Å². The van der Waals surface area contributed by atoms with E-state index in [4.69, 9.17) is 4.74 Å². The highest BCUT2D eigenvalue weighted by Gasteiger charge is 2.21. The predicted octanol–water partition coefficient (Wildman–Crippen LogP) is 0.602. The summed E-state index contributed by atoms with van der Waals surface area (Å²) in [6, 6.07) is 0.507. The van der Waals surface area contributed by atoms with Crippen LogP contribution in [0, 0.1) is 0 Å². The number of ether oxygens (including phenoxy) is 1. The quantitative estimate of drug-likeness (QED) is 0.533. The van der Waals surface area contributed by atoms with E-state index in [2.05, 4.69) is 53.1 Å². The lowest BCUT2D eigenvalue weighted by atomic mass is 10.1. The summed E-state index contributed by atoms with van der Waals surface area (Å²) in [7, 11) is 3.54. The molecule has 0 aromatic heterocycles. The van der Waals surface area contributed by atoms with Gasteiger partial charge in [-0.05, 0) is 27.3 Å². The molecule has 6 heteroatoms. The molecule has 1 atom stereocenters. The zero-order valence-corrected chi connectivity index (χ0v) is 15.3. The Hall–Kier alpha value is -0.850. The molecule has 2 N–H and O–H groups in total. The Kier molecular flexibility index (Phi) is 8.14. The average Bonchev–Trinajstić information content (AvgIpc) is 2.54. The van der Waals surface area contributed by atoms with Gasteiger partial charge in [-0.15, -0.1) is 0 Å². The van der Waals surface area contributed by atoms with Crippen molar-refractivity contribution in [2.75, 3.05) is 60.0 Å². The zero-order chi connectivity index (χ0) is 16.6. The van der Waals surface area contributed by atoms with Crippen molar-refractivity contribution in [3.05, 3.63) is 0 Å². The van der Waals surface area contributed by atoms with E-state index in [0.29, 0.717) is 6.04 Å². The van der Waals surface area contributed by atoms with E-state index in [0.717, 1.165) is 38.7 Å². The molecule has 1 aliphatic heterocycles. The second-order valence-corrected chi connectivity index (χ2v) is 6.59. The van der Waals surface area contributed by atoms with Crippen molar-refractivity contribution in [3.8, 4) is 0 Å². The number of nitrogens with zero attached hydrogens (tertiary/aromatic N) is 3. The fourth-order valence-corrected chi connectivity index (χ4v) is 2.48. The molecule has 1 saturated heterocycles. The van der Waals surface area contributed by atoms with Gasteiger partial charge in [0.1, 0.15) is 0 Å². The molecular formula is C16H35N5O. The Labute approximate surface area is 136 Å². The highest BCUT2D eigenvalue weighted by molar-refractivity contribution is 5.79. The molecule has 1 aliphatic rings. The van der Waals surface area contributed by atoms with Crippen LogP contribution in [-0.2, 0) is 4.74 Å². The van der Waals surface area contributed by atoms with E-state index in [1.54, 1.807) is 14.2 Å². The van der Waals surface area contributed by atoms with Gasteiger partial charge in [-0.25, -0.2) is 0 Å². The molecule has 130 valence electrons. The summed E-state index contributed by atoms with van der Waals surface area (Å²) in [4.78, 5) is 9.33. The minimum atomic E-state index is -0.195. The van der Waals surface area contributed by atoms with Crippen LogP contribution in [0.25, 0.3) is 0 Å². The zero-order valence-electron chi connectivity index (χ0n) is 15.3. The van der Waals surface area contributed by atoms with Gasteiger partial charge in [-0.2, -0.15) is 0 Å². The number of likely N-dealkylation sites (N-methyl/N-ethyl adjacent to an activating group) is 1. The van der Waals surface area contributed by atoms with Crippen LogP contribution in [-0.4, -0.2) is 87.4 Å². The topological polar surface area (TPSA) is 52.1 Å². The molecule has 1 rings (SSSR count). The molecule has 0 radical (unpaired) electrons. The van der Waals surface area contributed by atoms with Gasteiger partial charge in [0.05, 0.1) is 5.60 Å². The summed E-state index contributed by atoms with van der Waals surface area (Å²) in [5, 5.41) is 6.74. The van der Waals surface area contributed by atoms with Crippen LogP contribution in [0.2, 0.25) is 0 Å². The number of nitrogens with one attached hydrogen (secondary N) is 2. The third-order valence-corrected chi connectivity index (χ3v) is 4.50. The number of hydrogen-bond acceptors (Lipinski definition) is 4. The van der Waals surface area contributed by atoms with Crippen LogP contribution in [0.15, 0.2) is 4.99 Å².